The average Bonchev–Trinajstić information content (AvgIpc) is 3.54. The molecular weight excluding hydrogens is 376 g/mol. The lowest BCUT2D eigenvalue weighted by atomic mass is 10.1. The summed E-state index contributed by atoms with van der Waals surface area (Å²) in [4.78, 5) is 27.5. The Bertz CT molecular complexity index is 1090. The van der Waals surface area contributed by atoms with Gasteiger partial charge in [-0.05, 0) is 62.3 Å². The summed E-state index contributed by atoms with van der Waals surface area (Å²) >= 11 is 0. The second-order valence-electron chi connectivity index (χ2n) is 8.35. The Kier molecular flexibility index (Phi) is 4.99. The molecule has 1 saturated heterocycles. The third kappa shape index (κ3) is 3.70. The van der Waals surface area contributed by atoms with Gasteiger partial charge in [-0.2, -0.15) is 5.10 Å². The first kappa shape index (κ1) is 18.9. The first-order chi connectivity index (χ1) is 14.7. The van der Waals surface area contributed by atoms with Crippen LogP contribution in [0.3, 0.4) is 0 Å². The molecule has 1 saturated carbocycles. The highest BCUT2D eigenvalue weighted by atomic mass is 16.2. The molecule has 0 atom stereocenters. The summed E-state index contributed by atoms with van der Waals surface area (Å²) in [6, 6.07) is 13.4. The number of piperidine rings is 1. The minimum absolute atomic E-state index is 0.0441. The fourth-order valence-corrected chi connectivity index (χ4v) is 4.14. The summed E-state index contributed by atoms with van der Waals surface area (Å²) in [5.41, 5.74) is 3.84. The summed E-state index contributed by atoms with van der Waals surface area (Å²) in [5, 5.41) is 7.54. The Hall–Kier alpha value is -3.15. The van der Waals surface area contributed by atoms with E-state index in [9.17, 15) is 9.59 Å². The largest absolute Gasteiger partial charge is 0.352 e. The highest BCUT2D eigenvalue weighted by Gasteiger charge is 2.23. The normalized spacial score (nSPS) is 16.6. The molecule has 0 radical (unpaired) electrons. The van der Waals surface area contributed by atoms with Crippen LogP contribution in [0.15, 0.2) is 48.7 Å². The van der Waals surface area contributed by atoms with Crippen LogP contribution in [0.4, 0.5) is 0 Å². The highest BCUT2D eigenvalue weighted by Crippen LogP contribution is 2.28. The van der Waals surface area contributed by atoms with Gasteiger partial charge in [0, 0.05) is 30.8 Å². The van der Waals surface area contributed by atoms with Crippen LogP contribution in [-0.4, -0.2) is 46.0 Å². The first-order valence-corrected chi connectivity index (χ1v) is 10.9. The van der Waals surface area contributed by atoms with Crippen LogP contribution in [0.5, 0.6) is 0 Å². The van der Waals surface area contributed by atoms with Gasteiger partial charge in [0.05, 0.1) is 23.0 Å². The number of likely N-dealkylation sites (tertiary alicyclic amines) is 1. The highest BCUT2D eigenvalue weighted by molar-refractivity contribution is 6.01. The maximum absolute atomic E-state index is 13.0. The van der Waals surface area contributed by atoms with Crippen molar-refractivity contribution in [3.05, 3.63) is 59.8 Å². The Labute approximate surface area is 175 Å². The maximum Gasteiger partial charge on any atom is 0.257 e. The van der Waals surface area contributed by atoms with Crippen molar-refractivity contribution < 1.29 is 9.59 Å². The second-order valence-corrected chi connectivity index (χ2v) is 8.35. The van der Waals surface area contributed by atoms with Crippen LogP contribution in [-0.2, 0) is 0 Å². The van der Waals surface area contributed by atoms with Gasteiger partial charge in [0.25, 0.3) is 11.8 Å². The van der Waals surface area contributed by atoms with E-state index in [0.29, 0.717) is 17.0 Å². The lowest BCUT2D eigenvalue weighted by Gasteiger charge is -2.26. The minimum atomic E-state index is -0.0441. The molecule has 1 N–H and O–H groups in total. The molecule has 0 spiro atoms. The molecule has 2 amide bonds. The topological polar surface area (TPSA) is 66.7 Å². The number of carbonyl (C=O) groups excluding carboxylic acids is 2. The standard InChI is InChI=1S/C24H26N4O2/c29-23(25-15-17-10-11-17)19-7-4-6-18(14-19)21-8-5-9-22-20(16-26-28(21)22)24(30)27-12-2-1-3-13-27/h4-9,14,16-17H,1-3,10-13,15H2,(H,25,29). The summed E-state index contributed by atoms with van der Waals surface area (Å²) < 4.78 is 1.80. The number of amides is 2. The molecule has 30 heavy (non-hydrogen) atoms. The van der Waals surface area contributed by atoms with E-state index in [4.69, 9.17) is 0 Å². The zero-order chi connectivity index (χ0) is 20.5. The van der Waals surface area contributed by atoms with Gasteiger partial charge in [0.1, 0.15) is 0 Å². The summed E-state index contributed by atoms with van der Waals surface area (Å²) in [6.07, 6.45) is 7.40. The van der Waals surface area contributed by atoms with E-state index < -0.39 is 0 Å². The second kappa shape index (κ2) is 7.94. The van der Waals surface area contributed by atoms with Crippen LogP contribution in [0.25, 0.3) is 16.8 Å². The van der Waals surface area contributed by atoms with Gasteiger partial charge in [-0.3, -0.25) is 9.59 Å². The zero-order valence-electron chi connectivity index (χ0n) is 17.0. The van der Waals surface area contributed by atoms with E-state index in [2.05, 4.69) is 10.4 Å². The molecule has 154 valence electrons. The lowest BCUT2D eigenvalue weighted by molar-refractivity contribution is 0.0726. The van der Waals surface area contributed by atoms with Gasteiger partial charge in [-0.25, -0.2) is 4.52 Å². The maximum atomic E-state index is 13.0. The van der Waals surface area contributed by atoms with Gasteiger partial charge in [-0.1, -0.05) is 18.2 Å². The smallest absolute Gasteiger partial charge is 0.257 e. The van der Waals surface area contributed by atoms with E-state index in [1.165, 1.54) is 19.3 Å². The van der Waals surface area contributed by atoms with Crippen molar-refractivity contribution in [1.29, 1.82) is 0 Å². The van der Waals surface area contributed by atoms with Crippen molar-refractivity contribution in [3.8, 4) is 11.3 Å². The monoisotopic (exact) mass is 402 g/mol. The predicted octanol–water partition coefficient (Wildman–Crippen LogP) is 3.77. The van der Waals surface area contributed by atoms with Crippen LogP contribution >= 0.6 is 0 Å². The van der Waals surface area contributed by atoms with Gasteiger partial charge < -0.3 is 10.2 Å². The molecular formula is C24H26N4O2. The van der Waals surface area contributed by atoms with Crippen LogP contribution in [0, 0.1) is 5.92 Å². The number of aromatic nitrogens is 2. The van der Waals surface area contributed by atoms with Gasteiger partial charge in [0.2, 0.25) is 0 Å². The fraction of sp³-hybridized carbons (Fsp3) is 0.375. The molecule has 6 heteroatoms. The predicted molar refractivity (Wildman–Crippen MR) is 115 cm³/mol. The Morgan fingerprint density at radius 1 is 1.03 bits per heavy atom. The molecule has 1 aliphatic carbocycles. The number of fused-ring (bicyclic) bond motifs is 1. The third-order valence-corrected chi connectivity index (χ3v) is 6.09. The van der Waals surface area contributed by atoms with Crippen molar-refractivity contribution in [2.45, 2.75) is 32.1 Å². The van der Waals surface area contributed by atoms with Crippen LogP contribution in [0.1, 0.15) is 52.8 Å². The molecule has 3 aromatic rings. The summed E-state index contributed by atoms with van der Waals surface area (Å²) in [5.74, 6) is 0.651. The summed E-state index contributed by atoms with van der Waals surface area (Å²) in [6.45, 7) is 2.38. The average molecular weight is 402 g/mol. The molecule has 3 heterocycles. The van der Waals surface area contributed by atoms with Crippen molar-refractivity contribution >= 4 is 17.3 Å². The van der Waals surface area contributed by atoms with E-state index >= 15 is 0 Å². The van der Waals surface area contributed by atoms with E-state index in [1.807, 2.05) is 47.4 Å². The molecule has 0 bridgehead atoms. The van der Waals surface area contributed by atoms with Crippen molar-refractivity contribution in [1.82, 2.24) is 19.8 Å². The zero-order valence-corrected chi connectivity index (χ0v) is 17.0. The number of nitrogens with one attached hydrogen (secondary N) is 1. The minimum Gasteiger partial charge on any atom is -0.352 e. The van der Waals surface area contributed by atoms with Gasteiger partial charge in [-0.15, -0.1) is 0 Å². The lowest BCUT2D eigenvalue weighted by Crippen LogP contribution is -2.35. The summed E-state index contributed by atoms with van der Waals surface area (Å²) in [7, 11) is 0. The number of pyridine rings is 1. The molecule has 1 aromatic carbocycles. The molecule has 2 aromatic heterocycles. The quantitative estimate of drug-likeness (QED) is 0.707. The Morgan fingerprint density at radius 2 is 1.83 bits per heavy atom. The van der Waals surface area contributed by atoms with Gasteiger partial charge in [0.15, 0.2) is 0 Å². The van der Waals surface area contributed by atoms with Crippen molar-refractivity contribution in [3.63, 3.8) is 0 Å². The molecule has 2 aliphatic rings. The molecule has 1 aliphatic heterocycles. The molecule has 2 fully saturated rings. The third-order valence-electron chi connectivity index (χ3n) is 6.09. The Morgan fingerprint density at radius 3 is 2.63 bits per heavy atom. The molecule has 0 unspecified atom stereocenters. The van der Waals surface area contributed by atoms with E-state index in [-0.39, 0.29) is 11.8 Å². The van der Waals surface area contributed by atoms with Crippen molar-refractivity contribution in [2.24, 2.45) is 5.92 Å². The molecule has 5 rings (SSSR count). The number of nitrogens with zero attached hydrogens (tertiary/aromatic N) is 3. The number of carbonyl (C=O) groups is 2. The van der Waals surface area contributed by atoms with Crippen molar-refractivity contribution in [2.75, 3.05) is 19.6 Å². The van der Waals surface area contributed by atoms with Gasteiger partial charge >= 0.3 is 0 Å². The number of hydrogen-bond donors (Lipinski definition) is 1. The van der Waals surface area contributed by atoms with Crippen LogP contribution < -0.4 is 5.32 Å². The van der Waals surface area contributed by atoms with E-state index in [0.717, 1.165) is 49.2 Å². The molecule has 6 nitrogen and oxygen atoms in total. The number of rotatable bonds is 5. The number of benzene rings is 1. The SMILES string of the molecule is O=C(NCC1CC1)c1cccc(-c2cccc3c(C(=O)N4CCCCC4)cnn23)c1. The fourth-order valence-electron chi connectivity index (χ4n) is 4.14. The van der Waals surface area contributed by atoms with E-state index in [1.54, 1.807) is 10.7 Å². The number of hydrogen-bond acceptors (Lipinski definition) is 3. The Balaban J connectivity index is 1.45. The van der Waals surface area contributed by atoms with Crippen LogP contribution in [0.2, 0.25) is 0 Å². The first-order valence-electron chi connectivity index (χ1n) is 10.9.